The third-order valence-electron chi connectivity index (χ3n) is 2.64. The normalized spacial score (nSPS) is 14.7. The van der Waals surface area contributed by atoms with E-state index >= 15 is 0 Å². The van der Waals surface area contributed by atoms with E-state index in [0.717, 1.165) is 5.69 Å². The number of hydrogen-bond donors (Lipinski definition) is 1. The molecule has 0 aliphatic heterocycles. The van der Waals surface area contributed by atoms with Gasteiger partial charge in [0.25, 0.3) is 0 Å². The van der Waals surface area contributed by atoms with Crippen molar-refractivity contribution in [3.8, 4) is 6.07 Å². The van der Waals surface area contributed by atoms with Crippen molar-refractivity contribution < 1.29 is 5.11 Å². The summed E-state index contributed by atoms with van der Waals surface area (Å²) < 4.78 is 0. The second-order valence-corrected chi connectivity index (χ2v) is 3.81. The van der Waals surface area contributed by atoms with Gasteiger partial charge in [0, 0.05) is 18.3 Å². The summed E-state index contributed by atoms with van der Waals surface area (Å²) in [5.74, 6) is 0. The van der Waals surface area contributed by atoms with Crippen LogP contribution in [-0.4, -0.2) is 24.3 Å². The molecule has 78 valence electrons. The van der Waals surface area contributed by atoms with Gasteiger partial charge in [0.05, 0.1) is 18.2 Å². The van der Waals surface area contributed by atoms with Crippen molar-refractivity contribution >= 4 is 5.69 Å². The molecule has 3 heteroatoms. The van der Waals surface area contributed by atoms with Crippen LogP contribution in [0.2, 0.25) is 0 Å². The average molecular weight is 202 g/mol. The maximum Gasteiger partial charge on any atom is 0.0992 e. The lowest BCUT2D eigenvalue weighted by molar-refractivity contribution is 0.301. The number of benzene rings is 1. The minimum absolute atomic E-state index is 0.160. The van der Waals surface area contributed by atoms with Crippen molar-refractivity contribution in [2.45, 2.75) is 18.9 Å². The van der Waals surface area contributed by atoms with E-state index in [1.165, 1.54) is 12.8 Å². The zero-order valence-electron chi connectivity index (χ0n) is 8.56. The van der Waals surface area contributed by atoms with E-state index < -0.39 is 0 Å². The molecule has 0 amide bonds. The van der Waals surface area contributed by atoms with Crippen LogP contribution in [0, 0.1) is 11.3 Å². The van der Waals surface area contributed by atoms with Gasteiger partial charge in [-0.15, -0.1) is 0 Å². The molecule has 2 rings (SSSR count). The first-order valence-electron chi connectivity index (χ1n) is 5.23. The Morgan fingerprint density at radius 1 is 1.47 bits per heavy atom. The van der Waals surface area contributed by atoms with E-state index in [2.05, 4.69) is 11.0 Å². The van der Waals surface area contributed by atoms with Crippen LogP contribution in [0.3, 0.4) is 0 Å². The molecule has 0 bridgehead atoms. The molecule has 0 aromatic heterocycles. The van der Waals surface area contributed by atoms with Gasteiger partial charge in [0.1, 0.15) is 0 Å². The number of aliphatic hydroxyl groups excluding tert-OH is 1. The highest BCUT2D eigenvalue weighted by Crippen LogP contribution is 2.31. The second kappa shape index (κ2) is 4.33. The summed E-state index contributed by atoms with van der Waals surface area (Å²) in [5.41, 5.74) is 1.72. The van der Waals surface area contributed by atoms with E-state index in [1.807, 2.05) is 18.2 Å². The monoisotopic (exact) mass is 202 g/mol. The van der Waals surface area contributed by atoms with Gasteiger partial charge in [-0.25, -0.2) is 0 Å². The average Bonchev–Trinajstić information content (AvgIpc) is 3.10. The minimum Gasteiger partial charge on any atom is -0.395 e. The van der Waals surface area contributed by atoms with Gasteiger partial charge >= 0.3 is 0 Å². The summed E-state index contributed by atoms with van der Waals surface area (Å²) in [4.78, 5) is 2.18. The van der Waals surface area contributed by atoms with Crippen LogP contribution in [0.5, 0.6) is 0 Å². The quantitative estimate of drug-likeness (QED) is 0.805. The molecule has 1 aromatic rings. The predicted molar refractivity (Wildman–Crippen MR) is 58.6 cm³/mol. The summed E-state index contributed by atoms with van der Waals surface area (Å²) in [5, 5.41) is 17.8. The molecule has 0 radical (unpaired) electrons. The van der Waals surface area contributed by atoms with Crippen molar-refractivity contribution in [3.63, 3.8) is 0 Å². The number of rotatable bonds is 4. The molecule has 15 heavy (non-hydrogen) atoms. The van der Waals surface area contributed by atoms with Gasteiger partial charge in [-0.05, 0) is 31.0 Å². The summed E-state index contributed by atoms with van der Waals surface area (Å²) >= 11 is 0. The van der Waals surface area contributed by atoms with Crippen LogP contribution in [0.15, 0.2) is 24.3 Å². The Morgan fingerprint density at radius 3 is 2.87 bits per heavy atom. The lowest BCUT2D eigenvalue weighted by Gasteiger charge is -2.23. The Kier molecular flexibility index (Phi) is 2.89. The zero-order chi connectivity index (χ0) is 10.7. The molecule has 1 saturated carbocycles. The van der Waals surface area contributed by atoms with E-state index in [-0.39, 0.29) is 6.61 Å². The highest BCUT2D eigenvalue weighted by molar-refractivity contribution is 5.53. The molecule has 0 unspecified atom stereocenters. The summed E-state index contributed by atoms with van der Waals surface area (Å²) in [6.07, 6.45) is 2.38. The minimum atomic E-state index is 0.160. The summed E-state index contributed by atoms with van der Waals surface area (Å²) in [7, 11) is 0. The van der Waals surface area contributed by atoms with Crippen molar-refractivity contribution in [3.05, 3.63) is 29.8 Å². The van der Waals surface area contributed by atoms with Gasteiger partial charge in [0.15, 0.2) is 0 Å². The van der Waals surface area contributed by atoms with Gasteiger partial charge in [-0.1, -0.05) is 6.07 Å². The van der Waals surface area contributed by atoms with Gasteiger partial charge in [-0.2, -0.15) is 5.26 Å². The SMILES string of the molecule is N#Cc1cccc(N(CCO)C2CC2)c1. The predicted octanol–water partition coefficient (Wildman–Crippen LogP) is 1.52. The first kappa shape index (κ1) is 10.0. The standard InChI is InChI=1S/C12H14N2O/c13-9-10-2-1-3-12(8-10)14(6-7-15)11-4-5-11/h1-3,8,11,15H,4-7H2. The van der Waals surface area contributed by atoms with E-state index in [1.54, 1.807) is 6.07 Å². The van der Waals surface area contributed by atoms with Crippen molar-refractivity contribution in [2.24, 2.45) is 0 Å². The Labute approximate surface area is 89.6 Å². The maximum atomic E-state index is 8.99. The van der Waals surface area contributed by atoms with Crippen LogP contribution in [0.25, 0.3) is 0 Å². The fourth-order valence-electron chi connectivity index (χ4n) is 1.77. The highest BCUT2D eigenvalue weighted by Gasteiger charge is 2.28. The third-order valence-corrected chi connectivity index (χ3v) is 2.64. The number of aliphatic hydroxyl groups is 1. The highest BCUT2D eigenvalue weighted by atomic mass is 16.3. The molecule has 0 heterocycles. The number of nitrogens with zero attached hydrogens (tertiary/aromatic N) is 2. The Morgan fingerprint density at radius 2 is 2.27 bits per heavy atom. The molecule has 0 spiro atoms. The maximum absolute atomic E-state index is 8.99. The lowest BCUT2D eigenvalue weighted by atomic mass is 10.2. The van der Waals surface area contributed by atoms with Crippen LogP contribution < -0.4 is 4.90 Å². The molecule has 1 fully saturated rings. The molecular weight excluding hydrogens is 188 g/mol. The molecule has 1 N–H and O–H groups in total. The fourth-order valence-corrected chi connectivity index (χ4v) is 1.77. The number of hydrogen-bond acceptors (Lipinski definition) is 3. The van der Waals surface area contributed by atoms with Crippen molar-refractivity contribution in [1.29, 1.82) is 5.26 Å². The van der Waals surface area contributed by atoms with Crippen LogP contribution in [0.1, 0.15) is 18.4 Å². The molecule has 1 aliphatic rings. The summed E-state index contributed by atoms with van der Waals surface area (Å²) in [6, 6.07) is 10.3. The van der Waals surface area contributed by atoms with E-state index in [0.29, 0.717) is 18.2 Å². The van der Waals surface area contributed by atoms with E-state index in [9.17, 15) is 0 Å². The van der Waals surface area contributed by atoms with Crippen LogP contribution in [0.4, 0.5) is 5.69 Å². The smallest absolute Gasteiger partial charge is 0.0992 e. The van der Waals surface area contributed by atoms with Gasteiger partial charge < -0.3 is 10.0 Å². The van der Waals surface area contributed by atoms with E-state index in [4.69, 9.17) is 10.4 Å². The first-order valence-corrected chi connectivity index (χ1v) is 5.23. The second-order valence-electron chi connectivity index (χ2n) is 3.81. The third kappa shape index (κ3) is 2.28. The molecule has 1 aromatic carbocycles. The Bertz CT molecular complexity index is 379. The Balaban J connectivity index is 2.21. The Hall–Kier alpha value is -1.53. The van der Waals surface area contributed by atoms with Gasteiger partial charge in [-0.3, -0.25) is 0 Å². The van der Waals surface area contributed by atoms with Gasteiger partial charge in [0.2, 0.25) is 0 Å². The topological polar surface area (TPSA) is 47.3 Å². The zero-order valence-corrected chi connectivity index (χ0v) is 8.56. The van der Waals surface area contributed by atoms with Crippen molar-refractivity contribution in [2.75, 3.05) is 18.1 Å². The number of nitriles is 1. The largest absolute Gasteiger partial charge is 0.395 e. The lowest BCUT2D eigenvalue weighted by Crippen LogP contribution is -2.28. The van der Waals surface area contributed by atoms with Crippen LogP contribution >= 0.6 is 0 Å². The molecule has 3 nitrogen and oxygen atoms in total. The fraction of sp³-hybridized carbons (Fsp3) is 0.417. The first-order chi connectivity index (χ1) is 7.35. The molecule has 1 aliphatic carbocycles. The summed E-state index contributed by atoms with van der Waals surface area (Å²) in [6.45, 7) is 0.812. The molecule has 0 atom stereocenters. The van der Waals surface area contributed by atoms with Crippen molar-refractivity contribution in [1.82, 2.24) is 0 Å². The van der Waals surface area contributed by atoms with Crippen LogP contribution in [-0.2, 0) is 0 Å². The molecular formula is C12H14N2O. The molecule has 0 saturated heterocycles. The number of anilines is 1.